The molecule has 1 aliphatic rings. The Kier molecular flexibility index (Phi) is 4.79. The van der Waals surface area contributed by atoms with E-state index >= 15 is 0 Å². The zero-order chi connectivity index (χ0) is 16.9. The minimum Gasteiger partial charge on any atom is -0.478 e. The largest absolute Gasteiger partial charge is 0.478 e. The molecule has 0 saturated heterocycles. The van der Waals surface area contributed by atoms with Crippen LogP contribution in [0.15, 0.2) is 48.5 Å². The molecule has 5 heteroatoms. The number of ether oxygens (including phenoxy) is 1. The van der Waals surface area contributed by atoms with Gasteiger partial charge in [-0.2, -0.15) is 0 Å². The third-order valence-corrected chi connectivity index (χ3v) is 3.90. The molecule has 2 aromatic carbocycles. The first kappa shape index (κ1) is 16.1. The van der Waals surface area contributed by atoms with Gasteiger partial charge in [0, 0.05) is 6.54 Å². The number of carbonyl (C=O) groups excluding carboxylic acids is 2. The summed E-state index contributed by atoms with van der Waals surface area (Å²) in [7, 11) is 0. The number of anilines is 1. The Morgan fingerprint density at radius 3 is 2.79 bits per heavy atom. The molecule has 0 fully saturated rings. The van der Waals surface area contributed by atoms with Gasteiger partial charge in [-0.25, -0.2) is 0 Å². The van der Waals surface area contributed by atoms with Gasteiger partial charge < -0.3 is 15.4 Å². The first-order chi connectivity index (χ1) is 11.6. The van der Waals surface area contributed by atoms with E-state index in [9.17, 15) is 9.59 Å². The van der Waals surface area contributed by atoms with E-state index in [0.29, 0.717) is 18.0 Å². The van der Waals surface area contributed by atoms with Gasteiger partial charge in [-0.1, -0.05) is 36.4 Å². The van der Waals surface area contributed by atoms with Crippen LogP contribution >= 0.6 is 0 Å². The highest BCUT2D eigenvalue weighted by atomic mass is 16.5. The Morgan fingerprint density at radius 2 is 2.00 bits per heavy atom. The molecular formula is C19H20N2O3. The number of nitrogens with one attached hydrogen (secondary N) is 2. The second-order valence-electron chi connectivity index (χ2n) is 5.89. The summed E-state index contributed by atoms with van der Waals surface area (Å²) in [6.07, 6.45) is -0.0303. The van der Waals surface area contributed by atoms with Gasteiger partial charge in [0.25, 0.3) is 5.91 Å². The molecule has 2 aromatic rings. The monoisotopic (exact) mass is 324 g/mol. The third kappa shape index (κ3) is 3.93. The Labute approximate surface area is 141 Å². The highest BCUT2D eigenvalue weighted by Crippen LogP contribution is 2.30. The fourth-order valence-electron chi connectivity index (χ4n) is 2.63. The molecule has 0 saturated carbocycles. The summed E-state index contributed by atoms with van der Waals surface area (Å²) in [6, 6.07) is 15.5. The zero-order valence-corrected chi connectivity index (χ0v) is 13.5. The number of hydrogen-bond acceptors (Lipinski definition) is 3. The number of amides is 2. The minimum atomic E-state index is -0.795. The van der Waals surface area contributed by atoms with E-state index in [1.54, 1.807) is 0 Å². The van der Waals surface area contributed by atoms with Crippen molar-refractivity contribution in [1.82, 2.24) is 5.32 Å². The molecule has 0 bridgehead atoms. The molecule has 2 amide bonds. The highest BCUT2D eigenvalue weighted by molar-refractivity contribution is 6.00. The zero-order valence-electron chi connectivity index (χ0n) is 13.5. The van der Waals surface area contributed by atoms with Crippen molar-refractivity contribution in [2.45, 2.75) is 25.9 Å². The maximum atomic E-state index is 12.1. The average Bonchev–Trinajstić information content (AvgIpc) is 2.57. The van der Waals surface area contributed by atoms with Crippen LogP contribution in [-0.2, 0) is 16.0 Å². The highest BCUT2D eigenvalue weighted by Gasteiger charge is 2.29. The summed E-state index contributed by atoms with van der Waals surface area (Å²) in [5.74, 6) is 0.121. The maximum absolute atomic E-state index is 12.1. The lowest BCUT2D eigenvalue weighted by Gasteiger charge is -2.25. The van der Waals surface area contributed by atoms with Crippen molar-refractivity contribution in [3.8, 4) is 5.75 Å². The number of aryl methyl sites for hydroxylation is 1. The van der Waals surface area contributed by atoms with Crippen LogP contribution in [0.3, 0.4) is 0 Å². The molecule has 24 heavy (non-hydrogen) atoms. The van der Waals surface area contributed by atoms with Gasteiger partial charge in [0.05, 0.1) is 12.1 Å². The minimum absolute atomic E-state index is 0.00788. The van der Waals surface area contributed by atoms with Gasteiger partial charge in [0.2, 0.25) is 5.91 Å². The number of carbonyl (C=O) groups is 2. The fraction of sp³-hybridized carbons (Fsp3) is 0.263. The van der Waals surface area contributed by atoms with Crippen molar-refractivity contribution in [2.75, 3.05) is 11.9 Å². The predicted octanol–water partition coefficient (Wildman–Crippen LogP) is 2.44. The average molecular weight is 324 g/mol. The van der Waals surface area contributed by atoms with Crippen LogP contribution in [0, 0.1) is 6.92 Å². The second-order valence-corrected chi connectivity index (χ2v) is 5.89. The van der Waals surface area contributed by atoms with Crippen molar-refractivity contribution in [2.24, 2.45) is 0 Å². The summed E-state index contributed by atoms with van der Waals surface area (Å²) < 4.78 is 5.66. The molecular weight excluding hydrogens is 304 g/mol. The third-order valence-electron chi connectivity index (χ3n) is 3.90. The smallest absolute Gasteiger partial charge is 0.266 e. The van der Waals surface area contributed by atoms with E-state index in [2.05, 4.69) is 10.6 Å². The standard InChI is InChI=1S/C19H20N2O3/c1-13-7-8-16-15(11-13)21-19(23)17(24-16)12-18(22)20-10-9-14-5-3-2-4-6-14/h2-8,11,17H,9-10,12H2,1H3,(H,20,22)(H,21,23). The molecule has 0 aromatic heterocycles. The summed E-state index contributed by atoms with van der Waals surface area (Å²) in [4.78, 5) is 24.1. The molecule has 0 spiro atoms. The van der Waals surface area contributed by atoms with E-state index in [-0.39, 0.29) is 18.2 Å². The lowest BCUT2D eigenvalue weighted by atomic mass is 10.1. The van der Waals surface area contributed by atoms with E-state index in [1.807, 2.05) is 55.5 Å². The predicted molar refractivity (Wildman–Crippen MR) is 92.0 cm³/mol. The molecule has 1 unspecified atom stereocenters. The van der Waals surface area contributed by atoms with Crippen molar-refractivity contribution < 1.29 is 14.3 Å². The first-order valence-corrected chi connectivity index (χ1v) is 8.00. The second kappa shape index (κ2) is 7.17. The molecule has 5 nitrogen and oxygen atoms in total. The van der Waals surface area contributed by atoms with Crippen LogP contribution in [0.5, 0.6) is 5.75 Å². The van der Waals surface area contributed by atoms with E-state index < -0.39 is 6.10 Å². The molecule has 1 atom stereocenters. The topological polar surface area (TPSA) is 67.4 Å². The van der Waals surface area contributed by atoms with Crippen molar-refractivity contribution in [3.05, 3.63) is 59.7 Å². The number of hydrogen-bond donors (Lipinski definition) is 2. The summed E-state index contributed by atoms with van der Waals surface area (Å²) in [5, 5.41) is 5.63. The molecule has 1 aliphatic heterocycles. The molecule has 0 radical (unpaired) electrons. The van der Waals surface area contributed by atoms with Crippen LogP contribution in [-0.4, -0.2) is 24.5 Å². The van der Waals surface area contributed by atoms with Gasteiger partial charge >= 0.3 is 0 Å². The molecule has 3 rings (SSSR count). The molecule has 124 valence electrons. The lowest BCUT2D eigenvalue weighted by molar-refractivity contribution is -0.130. The van der Waals surface area contributed by atoms with Crippen LogP contribution in [0.25, 0.3) is 0 Å². The Hall–Kier alpha value is -2.82. The first-order valence-electron chi connectivity index (χ1n) is 8.00. The van der Waals surface area contributed by atoms with Crippen LogP contribution < -0.4 is 15.4 Å². The van der Waals surface area contributed by atoms with Gasteiger partial charge in [-0.05, 0) is 36.6 Å². The van der Waals surface area contributed by atoms with Crippen LogP contribution in [0.4, 0.5) is 5.69 Å². The van der Waals surface area contributed by atoms with Crippen molar-refractivity contribution in [3.63, 3.8) is 0 Å². The van der Waals surface area contributed by atoms with Crippen molar-refractivity contribution in [1.29, 1.82) is 0 Å². The van der Waals surface area contributed by atoms with E-state index in [4.69, 9.17) is 4.74 Å². The number of fused-ring (bicyclic) bond motifs is 1. The molecule has 0 aliphatic carbocycles. The number of benzene rings is 2. The normalized spacial score (nSPS) is 15.9. The Morgan fingerprint density at radius 1 is 1.21 bits per heavy atom. The van der Waals surface area contributed by atoms with Crippen LogP contribution in [0.2, 0.25) is 0 Å². The summed E-state index contributed by atoms with van der Waals surface area (Å²) >= 11 is 0. The maximum Gasteiger partial charge on any atom is 0.266 e. The fourth-order valence-corrected chi connectivity index (χ4v) is 2.63. The Bertz CT molecular complexity index is 744. The van der Waals surface area contributed by atoms with Gasteiger partial charge in [-0.3, -0.25) is 9.59 Å². The SMILES string of the molecule is Cc1ccc2c(c1)NC(=O)C(CC(=O)NCCc1ccccc1)O2. The quantitative estimate of drug-likeness (QED) is 0.888. The lowest BCUT2D eigenvalue weighted by Crippen LogP contribution is -2.41. The van der Waals surface area contributed by atoms with Gasteiger partial charge in [-0.15, -0.1) is 0 Å². The molecule has 1 heterocycles. The van der Waals surface area contributed by atoms with E-state index in [1.165, 1.54) is 0 Å². The van der Waals surface area contributed by atoms with Gasteiger partial charge in [0.1, 0.15) is 5.75 Å². The summed E-state index contributed by atoms with van der Waals surface area (Å²) in [6.45, 7) is 2.48. The molecule has 2 N–H and O–H groups in total. The number of rotatable bonds is 5. The van der Waals surface area contributed by atoms with Crippen molar-refractivity contribution >= 4 is 17.5 Å². The van der Waals surface area contributed by atoms with E-state index in [0.717, 1.165) is 17.5 Å². The van der Waals surface area contributed by atoms with Crippen LogP contribution in [0.1, 0.15) is 17.5 Å². The van der Waals surface area contributed by atoms with Gasteiger partial charge in [0.15, 0.2) is 6.10 Å². The Balaban J connectivity index is 1.51. The summed E-state index contributed by atoms with van der Waals surface area (Å²) in [5.41, 5.74) is 2.85.